The van der Waals surface area contributed by atoms with Crippen molar-refractivity contribution in [2.24, 2.45) is 7.05 Å². The van der Waals surface area contributed by atoms with E-state index in [4.69, 9.17) is 4.74 Å². The fraction of sp³-hybridized carbons (Fsp3) is 0.368. The molecule has 132 valence electrons. The number of aromatic nitrogens is 4. The fourth-order valence-electron chi connectivity index (χ4n) is 3.07. The number of ether oxygens (including phenoxy) is 1. The normalized spacial score (nSPS) is 11.2. The Bertz CT molecular complexity index is 820. The predicted molar refractivity (Wildman–Crippen MR) is 98.0 cm³/mol. The number of aryl methyl sites for hydroxylation is 1. The van der Waals surface area contributed by atoms with Gasteiger partial charge in [0, 0.05) is 32.5 Å². The van der Waals surface area contributed by atoms with E-state index in [1.165, 1.54) is 5.56 Å². The lowest BCUT2D eigenvalue weighted by Gasteiger charge is -2.12. The molecule has 0 saturated heterocycles. The molecule has 0 aliphatic carbocycles. The molecule has 3 rings (SSSR count). The van der Waals surface area contributed by atoms with Gasteiger partial charge in [0.2, 0.25) is 5.88 Å². The van der Waals surface area contributed by atoms with Crippen molar-refractivity contribution in [2.45, 2.75) is 32.9 Å². The van der Waals surface area contributed by atoms with Crippen LogP contribution in [-0.4, -0.2) is 26.7 Å². The number of nitrogens with zero attached hydrogens (tertiary/aromatic N) is 4. The van der Waals surface area contributed by atoms with Crippen molar-refractivity contribution in [3.8, 4) is 11.6 Å². The summed E-state index contributed by atoms with van der Waals surface area (Å²) in [5.74, 6) is 1.17. The third-order valence-corrected chi connectivity index (χ3v) is 4.22. The predicted octanol–water partition coefficient (Wildman–Crippen LogP) is 3.03. The smallest absolute Gasteiger partial charge is 0.216 e. The van der Waals surface area contributed by atoms with Crippen LogP contribution >= 0.6 is 0 Å². The molecule has 25 heavy (non-hydrogen) atoms. The number of para-hydroxylation sites is 1. The second kappa shape index (κ2) is 7.53. The van der Waals surface area contributed by atoms with E-state index in [-0.39, 0.29) is 0 Å². The minimum Gasteiger partial charge on any atom is -0.481 e. The molecule has 1 N–H and O–H groups in total. The van der Waals surface area contributed by atoms with Gasteiger partial charge in [-0.3, -0.25) is 0 Å². The molecule has 0 aliphatic rings. The van der Waals surface area contributed by atoms with Crippen molar-refractivity contribution in [3.63, 3.8) is 0 Å². The zero-order chi connectivity index (χ0) is 17.8. The van der Waals surface area contributed by atoms with Gasteiger partial charge < -0.3 is 10.1 Å². The number of hydrogen-bond acceptors (Lipinski definition) is 4. The average molecular weight is 339 g/mol. The maximum Gasteiger partial charge on any atom is 0.216 e. The highest BCUT2D eigenvalue weighted by atomic mass is 16.5. The molecule has 0 radical (unpaired) electrons. The van der Waals surface area contributed by atoms with Crippen LogP contribution in [0.2, 0.25) is 0 Å². The molecule has 0 unspecified atom stereocenters. The highest BCUT2D eigenvalue weighted by Gasteiger charge is 2.18. The molecule has 1 aromatic carbocycles. The van der Waals surface area contributed by atoms with Gasteiger partial charge in [-0.2, -0.15) is 10.2 Å². The molecule has 0 amide bonds. The van der Waals surface area contributed by atoms with Crippen LogP contribution in [0.5, 0.6) is 5.88 Å². The average Bonchev–Trinajstić information content (AvgIpc) is 3.23. The molecule has 0 spiro atoms. The van der Waals surface area contributed by atoms with E-state index in [9.17, 15) is 0 Å². The van der Waals surface area contributed by atoms with Gasteiger partial charge in [-0.1, -0.05) is 32.0 Å². The van der Waals surface area contributed by atoms with Gasteiger partial charge in [0.15, 0.2) is 0 Å². The van der Waals surface area contributed by atoms with E-state index in [0.717, 1.165) is 29.4 Å². The zero-order valence-corrected chi connectivity index (χ0v) is 15.2. The summed E-state index contributed by atoms with van der Waals surface area (Å²) >= 11 is 0. The summed E-state index contributed by atoms with van der Waals surface area (Å²) in [5.41, 5.74) is 4.48. The Balaban J connectivity index is 1.77. The molecule has 6 heteroatoms. The number of nitrogens with one attached hydrogen (secondary N) is 1. The van der Waals surface area contributed by atoms with Gasteiger partial charge in [0.05, 0.1) is 24.1 Å². The van der Waals surface area contributed by atoms with Gasteiger partial charge in [-0.25, -0.2) is 9.36 Å². The van der Waals surface area contributed by atoms with Crippen molar-refractivity contribution in [1.29, 1.82) is 0 Å². The first kappa shape index (κ1) is 17.2. The van der Waals surface area contributed by atoms with Crippen LogP contribution in [0.3, 0.4) is 0 Å². The molecule has 0 aliphatic heterocycles. The van der Waals surface area contributed by atoms with Gasteiger partial charge >= 0.3 is 0 Å². The lowest BCUT2D eigenvalue weighted by molar-refractivity contribution is 0.368. The van der Waals surface area contributed by atoms with Crippen LogP contribution in [-0.2, 0) is 20.1 Å². The molecular weight excluding hydrogens is 314 g/mol. The first-order chi connectivity index (χ1) is 12.1. The number of rotatable bonds is 7. The third kappa shape index (κ3) is 3.58. The monoisotopic (exact) mass is 339 g/mol. The van der Waals surface area contributed by atoms with Crippen molar-refractivity contribution in [1.82, 2.24) is 24.9 Å². The summed E-state index contributed by atoms with van der Waals surface area (Å²) in [6, 6.07) is 10.2. The SMILES string of the molecule is COc1c(CNCc2ccccc2-n2cccn2)c(C(C)C)nn1C. The molecule has 0 bridgehead atoms. The van der Waals surface area contributed by atoms with Crippen LogP contribution in [0.25, 0.3) is 5.69 Å². The number of hydrogen-bond donors (Lipinski definition) is 1. The summed E-state index contributed by atoms with van der Waals surface area (Å²) in [6.45, 7) is 5.75. The van der Waals surface area contributed by atoms with E-state index in [1.54, 1.807) is 13.3 Å². The molecule has 6 nitrogen and oxygen atoms in total. The Labute approximate surface area is 148 Å². The van der Waals surface area contributed by atoms with Gasteiger partial charge in [-0.05, 0) is 23.6 Å². The Morgan fingerprint density at radius 2 is 1.96 bits per heavy atom. The number of methoxy groups -OCH3 is 1. The molecule has 2 heterocycles. The van der Waals surface area contributed by atoms with Crippen LogP contribution in [0, 0.1) is 0 Å². The van der Waals surface area contributed by atoms with Gasteiger partial charge in [0.25, 0.3) is 0 Å². The quantitative estimate of drug-likeness (QED) is 0.719. The van der Waals surface area contributed by atoms with Crippen LogP contribution in [0.15, 0.2) is 42.7 Å². The first-order valence-electron chi connectivity index (χ1n) is 8.50. The standard InChI is InChI=1S/C19H25N5O/c1-14(2)18-16(19(25-4)23(3)22-18)13-20-12-15-8-5-6-9-17(15)24-11-7-10-21-24/h5-11,14,20H,12-13H2,1-4H3. The zero-order valence-electron chi connectivity index (χ0n) is 15.2. The lowest BCUT2D eigenvalue weighted by atomic mass is 10.1. The van der Waals surface area contributed by atoms with Gasteiger partial charge in [0.1, 0.15) is 0 Å². The molecule has 2 aromatic heterocycles. The minimum atomic E-state index is 0.350. The molecule has 0 atom stereocenters. The Morgan fingerprint density at radius 3 is 2.64 bits per heavy atom. The summed E-state index contributed by atoms with van der Waals surface area (Å²) in [6.07, 6.45) is 3.75. The lowest BCUT2D eigenvalue weighted by Crippen LogP contribution is -2.16. The molecule has 0 fully saturated rings. The minimum absolute atomic E-state index is 0.350. The first-order valence-corrected chi connectivity index (χ1v) is 8.50. The van der Waals surface area contributed by atoms with Crippen LogP contribution in [0.4, 0.5) is 0 Å². The van der Waals surface area contributed by atoms with E-state index in [0.29, 0.717) is 12.5 Å². The highest BCUT2D eigenvalue weighted by Crippen LogP contribution is 2.27. The number of benzene rings is 1. The summed E-state index contributed by atoms with van der Waals surface area (Å²) in [5, 5.41) is 12.5. The fourth-order valence-corrected chi connectivity index (χ4v) is 3.07. The second-order valence-electron chi connectivity index (χ2n) is 6.33. The van der Waals surface area contributed by atoms with Crippen molar-refractivity contribution in [2.75, 3.05) is 7.11 Å². The van der Waals surface area contributed by atoms with E-state index < -0.39 is 0 Å². The van der Waals surface area contributed by atoms with Crippen LogP contribution in [0.1, 0.15) is 36.6 Å². The Morgan fingerprint density at radius 1 is 1.16 bits per heavy atom. The van der Waals surface area contributed by atoms with Crippen molar-refractivity contribution in [3.05, 3.63) is 59.5 Å². The van der Waals surface area contributed by atoms with Gasteiger partial charge in [-0.15, -0.1) is 0 Å². The van der Waals surface area contributed by atoms with E-state index >= 15 is 0 Å². The summed E-state index contributed by atoms with van der Waals surface area (Å²) in [7, 11) is 3.61. The highest BCUT2D eigenvalue weighted by molar-refractivity contribution is 5.40. The van der Waals surface area contributed by atoms with E-state index in [1.807, 2.05) is 40.8 Å². The molecular formula is C19H25N5O. The summed E-state index contributed by atoms with van der Waals surface area (Å²) in [4.78, 5) is 0. The van der Waals surface area contributed by atoms with Crippen LogP contribution < -0.4 is 10.1 Å². The Kier molecular flexibility index (Phi) is 5.19. The summed E-state index contributed by atoms with van der Waals surface area (Å²) < 4.78 is 9.24. The molecule has 0 saturated carbocycles. The third-order valence-electron chi connectivity index (χ3n) is 4.22. The maximum atomic E-state index is 5.54. The Hall–Kier alpha value is -2.60. The van der Waals surface area contributed by atoms with Crippen molar-refractivity contribution >= 4 is 0 Å². The second-order valence-corrected chi connectivity index (χ2v) is 6.33. The topological polar surface area (TPSA) is 56.9 Å². The van der Waals surface area contributed by atoms with E-state index in [2.05, 4.69) is 41.5 Å². The van der Waals surface area contributed by atoms with Crippen molar-refractivity contribution < 1.29 is 4.74 Å². The maximum absolute atomic E-state index is 5.54. The molecule has 3 aromatic rings. The largest absolute Gasteiger partial charge is 0.481 e.